The van der Waals surface area contributed by atoms with Gasteiger partial charge >= 0.3 is 0 Å². The molecule has 0 fully saturated rings. The Kier molecular flexibility index (Phi) is 6.64. The van der Waals surface area contributed by atoms with Crippen molar-refractivity contribution in [2.45, 2.75) is 17.9 Å². The molecule has 1 rings (SSSR count). The smallest absolute Gasteiger partial charge is 0.212 e. The van der Waals surface area contributed by atoms with Crippen molar-refractivity contribution in [1.82, 2.24) is 4.72 Å². The van der Waals surface area contributed by atoms with Crippen molar-refractivity contribution in [2.75, 3.05) is 31.0 Å². The SMILES string of the molecule is COCC(C)NS(=O)(=O)CCSc1ccc(N)cc1. The highest BCUT2D eigenvalue weighted by molar-refractivity contribution is 8.00. The summed E-state index contributed by atoms with van der Waals surface area (Å²) in [6, 6.07) is 7.16. The lowest BCUT2D eigenvalue weighted by Crippen LogP contribution is -2.37. The highest BCUT2D eigenvalue weighted by Gasteiger charge is 2.14. The fourth-order valence-electron chi connectivity index (χ4n) is 1.48. The van der Waals surface area contributed by atoms with Crippen molar-refractivity contribution in [2.24, 2.45) is 0 Å². The van der Waals surface area contributed by atoms with E-state index in [1.807, 2.05) is 12.1 Å². The molecule has 0 heterocycles. The largest absolute Gasteiger partial charge is 0.399 e. The van der Waals surface area contributed by atoms with Gasteiger partial charge in [0.1, 0.15) is 0 Å². The van der Waals surface area contributed by atoms with E-state index in [0.29, 0.717) is 18.0 Å². The van der Waals surface area contributed by atoms with Crippen molar-refractivity contribution in [3.8, 4) is 0 Å². The van der Waals surface area contributed by atoms with E-state index >= 15 is 0 Å². The first kappa shape index (κ1) is 16.3. The molecule has 108 valence electrons. The van der Waals surface area contributed by atoms with Crippen molar-refractivity contribution < 1.29 is 13.2 Å². The summed E-state index contributed by atoms with van der Waals surface area (Å²) in [5, 5.41) is 0. The normalized spacial score (nSPS) is 13.4. The minimum Gasteiger partial charge on any atom is -0.399 e. The van der Waals surface area contributed by atoms with Gasteiger partial charge in [-0.1, -0.05) is 0 Å². The van der Waals surface area contributed by atoms with E-state index in [1.54, 1.807) is 26.2 Å². The van der Waals surface area contributed by atoms with Crippen LogP contribution in [0.25, 0.3) is 0 Å². The van der Waals surface area contributed by atoms with E-state index in [1.165, 1.54) is 11.8 Å². The first-order valence-corrected chi connectivity index (χ1v) is 8.54. The van der Waals surface area contributed by atoms with E-state index < -0.39 is 10.0 Å². The Hall–Kier alpha value is -0.760. The van der Waals surface area contributed by atoms with Gasteiger partial charge in [-0.2, -0.15) is 0 Å². The molecule has 0 radical (unpaired) electrons. The second kappa shape index (κ2) is 7.74. The molecular formula is C12H20N2O3S2. The van der Waals surface area contributed by atoms with Crippen LogP contribution in [0.3, 0.4) is 0 Å². The van der Waals surface area contributed by atoms with Gasteiger partial charge in [0.25, 0.3) is 0 Å². The Balaban J connectivity index is 2.37. The molecule has 0 aliphatic heterocycles. The zero-order chi connectivity index (χ0) is 14.3. The lowest BCUT2D eigenvalue weighted by atomic mass is 10.3. The maximum absolute atomic E-state index is 11.8. The summed E-state index contributed by atoms with van der Waals surface area (Å²) in [5.41, 5.74) is 6.28. The minimum atomic E-state index is -3.26. The number of anilines is 1. The van der Waals surface area contributed by atoms with Gasteiger partial charge in [-0.25, -0.2) is 13.1 Å². The Morgan fingerprint density at radius 1 is 1.37 bits per heavy atom. The average molecular weight is 304 g/mol. The van der Waals surface area contributed by atoms with Crippen LogP contribution in [-0.2, 0) is 14.8 Å². The van der Waals surface area contributed by atoms with Crippen molar-refractivity contribution in [1.29, 1.82) is 0 Å². The third-order valence-electron chi connectivity index (χ3n) is 2.30. The molecule has 7 heteroatoms. The highest BCUT2D eigenvalue weighted by Crippen LogP contribution is 2.19. The number of thioether (sulfide) groups is 1. The topological polar surface area (TPSA) is 81.4 Å². The van der Waals surface area contributed by atoms with Gasteiger partial charge in [-0.3, -0.25) is 0 Å². The van der Waals surface area contributed by atoms with Gasteiger partial charge in [-0.15, -0.1) is 11.8 Å². The van der Waals surface area contributed by atoms with Crippen molar-refractivity contribution >= 4 is 27.5 Å². The molecular weight excluding hydrogens is 284 g/mol. The number of rotatable bonds is 8. The number of hydrogen-bond donors (Lipinski definition) is 2. The Bertz CT molecular complexity index is 474. The zero-order valence-corrected chi connectivity index (χ0v) is 12.8. The van der Waals surface area contributed by atoms with Gasteiger partial charge in [0.05, 0.1) is 12.4 Å². The summed E-state index contributed by atoms with van der Waals surface area (Å²) in [5.74, 6) is 0.578. The second-order valence-electron chi connectivity index (χ2n) is 4.21. The van der Waals surface area contributed by atoms with Crippen LogP contribution in [0.1, 0.15) is 6.92 Å². The lowest BCUT2D eigenvalue weighted by Gasteiger charge is -2.12. The molecule has 0 aliphatic carbocycles. The van der Waals surface area contributed by atoms with Gasteiger partial charge in [-0.05, 0) is 31.2 Å². The molecule has 0 aliphatic rings. The molecule has 0 bridgehead atoms. The van der Waals surface area contributed by atoms with Crippen LogP contribution in [0.15, 0.2) is 29.2 Å². The maximum atomic E-state index is 11.8. The van der Waals surface area contributed by atoms with Gasteiger partial charge in [0.15, 0.2) is 0 Å². The van der Waals surface area contributed by atoms with Crippen LogP contribution in [-0.4, -0.2) is 39.7 Å². The summed E-state index contributed by atoms with van der Waals surface area (Å²) in [6.07, 6.45) is 0. The standard InChI is InChI=1S/C12H20N2O3S2/c1-10(9-17-2)14-19(15,16)8-7-18-12-5-3-11(13)4-6-12/h3-6,10,14H,7-9,13H2,1-2H3. The van der Waals surface area contributed by atoms with E-state index in [2.05, 4.69) is 4.72 Å². The van der Waals surface area contributed by atoms with E-state index in [9.17, 15) is 8.42 Å². The van der Waals surface area contributed by atoms with Crippen LogP contribution >= 0.6 is 11.8 Å². The van der Waals surface area contributed by atoms with Crippen LogP contribution in [0.4, 0.5) is 5.69 Å². The van der Waals surface area contributed by atoms with Crippen LogP contribution in [0.5, 0.6) is 0 Å². The molecule has 0 spiro atoms. The lowest BCUT2D eigenvalue weighted by molar-refractivity contribution is 0.180. The predicted octanol–water partition coefficient (Wildman–Crippen LogP) is 1.32. The zero-order valence-electron chi connectivity index (χ0n) is 11.1. The highest BCUT2D eigenvalue weighted by atomic mass is 32.2. The Morgan fingerprint density at radius 2 is 2.00 bits per heavy atom. The number of sulfonamides is 1. The fraction of sp³-hybridized carbons (Fsp3) is 0.500. The van der Waals surface area contributed by atoms with Gasteiger partial charge < -0.3 is 10.5 Å². The first-order chi connectivity index (χ1) is 8.93. The number of nitrogens with two attached hydrogens (primary N) is 1. The molecule has 1 unspecified atom stereocenters. The molecule has 1 atom stereocenters. The minimum absolute atomic E-state index is 0.0795. The first-order valence-electron chi connectivity index (χ1n) is 5.90. The van der Waals surface area contributed by atoms with Crippen LogP contribution in [0, 0.1) is 0 Å². The van der Waals surface area contributed by atoms with E-state index in [0.717, 1.165) is 4.90 Å². The number of benzene rings is 1. The van der Waals surface area contributed by atoms with Crippen LogP contribution in [0.2, 0.25) is 0 Å². The number of hydrogen-bond acceptors (Lipinski definition) is 5. The van der Waals surface area contributed by atoms with Gasteiger partial charge in [0, 0.05) is 29.5 Å². The molecule has 0 aromatic heterocycles. The number of ether oxygens (including phenoxy) is 1. The molecule has 19 heavy (non-hydrogen) atoms. The number of methoxy groups -OCH3 is 1. The molecule has 1 aromatic rings. The second-order valence-corrected chi connectivity index (χ2v) is 7.25. The average Bonchev–Trinajstić information content (AvgIpc) is 2.31. The summed E-state index contributed by atoms with van der Waals surface area (Å²) < 4.78 is 31.0. The Morgan fingerprint density at radius 3 is 2.58 bits per heavy atom. The van der Waals surface area contributed by atoms with E-state index in [4.69, 9.17) is 10.5 Å². The molecule has 3 N–H and O–H groups in total. The maximum Gasteiger partial charge on any atom is 0.212 e. The summed E-state index contributed by atoms with van der Waals surface area (Å²) >= 11 is 1.49. The number of nitrogens with one attached hydrogen (secondary N) is 1. The molecule has 0 amide bonds. The predicted molar refractivity (Wildman–Crippen MR) is 79.8 cm³/mol. The summed E-state index contributed by atoms with van der Waals surface area (Å²) in [6.45, 7) is 2.14. The van der Waals surface area contributed by atoms with Crippen LogP contribution < -0.4 is 10.5 Å². The monoisotopic (exact) mass is 304 g/mol. The van der Waals surface area contributed by atoms with E-state index in [-0.39, 0.29) is 11.8 Å². The third-order valence-corrected chi connectivity index (χ3v) is 5.07. The van der Waals surface area contributed by atoms with Crippen molar-refractivity contribution in [3.05, 3.63) is 24.3 Å². The molecule has 0 saturated carbocycles. The molecule has 1 aromatic carbocycles. The fourth-order valence-corrected chi connectivity index (χ4v) is 4.06. The Labute approximate surface area is 119 Å². The third kappa shape index (κ3) is 6.81. The quantitative estimate of drug-likeness (QED) is 0.559. The molecule has 0 saturated heterocycles. The summed E-state index contributed by atoms with van der Waals surface area (Å²) in [4.78, 5) is 1.01. The molecule has 5 nitrogen and oxygen atoms in total. The number of nitrogen functional groups attached to an aromatic ring is 1. The van der Waals surface area contributed by atoms with Gasteiger partial charge in [0.2, 0.25) is 10.0 Å². The summed E-state index contributed by atoms with van der Waals surface area (Å²) in [7, 11) is -1.71. The van der Waals surface area contributed by atoms with Crippen molar-refractivity contribution in [3.63, 3.8) is 0 Å².